The van der Waals surface area contributed by atoms with Gasteiger partial charge in [-0.1, -0.05) is 0 Å². The second-order valence-corrected chi connectivity index (χ2v) is 1.99. The van der Waals surface area contributed by atoms with Crippen LogP contribution in [0.1, 0.15) is 0 Å². The molecular formula is C3H4N4OS. The molecule has 1 aliphatic rings. The Hall–Kier alpha value is -1.13. The van der Waals surface area contributed by atoms with E-state index in [0.717, 1.165) is 0 Å². The molecule has 0 amide bonds. The van der Waals surface area contributed by atoms with Crippen LogP contribution in [-0.2, 0) is 11.0 Å². The van der Waals surface area contributed by atoms with Crippen molar-refractivity contribution < 1.29 is 4.21 Å². The third-order valence-corrected chi connectivity index (χ3v) is 1.17. The Morgan fingerprint density at radius 2 is 2.33 bits per heavy atom. The lowest BCUT2D eigenvalue weighted by molar-refractivity contribution is 0.690. The molecule has 1 unspecified atom stereocenters. The molecule has 0 aliphatic carbocycles. The van der Waals surface area contributed by atoms with Gasteiger partial charge in [0.05, 0.1) is 0 Å². The van der Waals surface area contributed by atoms with Gasteiger partial charge in [-0.05, 0) is 16.5 Å². The van der Waals surface area contributed by atoms with Crippen molar-refractivity contribution in [2.24, 2.45) is 4.40 Å². The van der Waals surface area contributed by atoms with Crippen LogP contribution >= 0.6 is 0 Å². The van der Waals surface area contributed by atoms with Crippen molar-refractivity contribution in [3.05, 3.63) is 21.9 Å². The van der Waals surface area contributed by atoms with E-state index < -0.39 is 11.0 Å². The third kappa shape index (κ3) is 4.73. The number of allylic oxidation sites excluding steroid dienone is 1. The molecule has 0 bridgehead atoms. The number of hydrogen-bond donors (Lipinski definition) is 1. The molecule has 0 radical (unpaired) electrons. The van der Waals surface area contributed by atoms with E-state index in [1.165, 1.54) is 11.6 Å². The monoisotopic (exact) mass is 144 g/mol. The number of rotatable bonds is 0. The summed E-state index contributed by atoms with van der Waals surface area (Å²) in [6.07, 6.45) is 3.19. The highest BCUT2D eigenvalue weighted by Gasteiger charge is 1.87. The zero-order valence-electron chi connectivity index (χ0n) is 4.39. The van der Waals surface area contributed by atoms with Crippen LogP contribution in [-0.4, -0.2) is 10.4 Å². The van der Waals surface area contributed by atoms with E-state index in [2.05, 4.69) is 4.40 Å². The fourth-order valence-electron chi connectivity index (χ4n) is 0.233. The smallest absolute Gasteiger partial charge is 0.165 e. The molecule has 0 fully saturated rings. The Morgan fingerprint density at radius 3 is 2.44 bits per heavy atom. The summed E-state index contributed by atoms with van der Waals surface area (Å²) in [7, 11) is -1.03. The van der Waals surface area contributed by atoms with Gasteiger partial charge in [0, 0.05) is 11.6 Å². The standard InChI is InChI=1S/C3H3NOS.HN3/c5-6-3-1-2-4-6;1-3-2/h1-3H;1H. The highest BCUT2D eigenvalue weighted by Crippen LogP contribution is 1.90. The highest BCUT2D eigenvalue weighted by molar-refractivity contribution is 7.87. The van der Waals surface area contributed by atoms with E-state index in [-0.39, 0.29) is 0 Å². The lowest BCUT2D eigenvalue weighted by atomic mass is 10.7. The van der Waals surface area contributed by atoms with Gasteiger partial charge in [-0.25, -0.2) is 4.21 Å². The first-order valence-electron chi connectivity index (χ1n) is 1.93. The number of hydrogen-bond acceptors (Lipinski definition) is 2. The van der Waals surface area contributed by atoms with E-state index in [4.69, 9.17) is 11.1 Å². The molecule has 6 heteroatoms. The van der Waals surface area contributed by atoms with Crippen LogP contribution in [0.5, 0.6) is 0 Å². The summed E-state index contributed by atoms with van der Waals surface area (Å²) < 4.78 is 13.5. The van der Waals surface area contributed by atoms with Gasteiger partial charge in [0.15, 0.2) is 11.0 Å². The quantitative estimate of drug-likeness (QED) is 0.308. The predicted octanol–water partition coefficient (Wildman–Crippen LogP) is 1.12. The average Bonchev–Trinajstić information content (AvgIpc) is 2.20. The van der Waals surface area contributed by atoms with E-state index in [9.17, 15) is 4.21 Å². The van der Waals surface area contributed by atoms with Crippen molar-refractivity contribution in [3.8, 4) is 0 Å². The first-order valence-corrected chi connectivity index (χ1v) is 3.10. The first-order chi connectivity index (χ1) is 4.31. The maximum absolute atomic E-state index is 10.1. The SMILES string of the molecule is O=S1C=CC=N1.[N-]=[N+]=N. The highest BCUT2D eigenvalue weighted by atomic mass is 32.2. The van der Waals surface area contributed by atoms with Gasteiger partial charge >= 0.3 is 0 Å². The van der Waals surface area contributed by atoms with Crippen LogP contribution in [0.25, 0.3) is 10.4 Å². The molecule has 0 aromatic rings. The van der Waals surface area contributed by atoms with Crippen LogP contribution < -0.4 is 0 Å². The third-order valence-electron chi connectivity index (χ3n) is 0.446. The predicted molar refractivity (Wildman–Crippen MR) is 35.2 cm³/mol. The van der Waals surface area contributed by atoms with Crippen LogP contribution in [0.15, 0.2) is 15.9 Å². The number of nitrogens with zero attached hydrogens (tertiary/aromatic N) is 3. The molecule has 0 saturated heterocycles. The van der Waals surface area contributed by atoms with Crippen molar-refractivity contribution in [2.75, 3.05) is 0 Å². The van der Waals surface area contributed by atoms with Gasteiger partial charge in [0.1, 0.15) is 0 Å². The molecule has 0 saturated carbocycles. The van der Waals surface area contributed by atoms with Crippen LogP contribution in [0, 0.1) is 5.53 Å². The molecule has 1 aliphatic heterocycles. The number of nitrogens with one attached hydrogen (secondary N) is 1. The maximum atomic E-state index is 10.1. The zero-order valence-corrected chi connectivity index (χ0v) is 5.21. The largest absolute Gasteiger partial charge is 0.230 e. The molecule has 1 atom stereocenters. The molecule has 0 aromatic carbocycles. The van der Waals surface area contributed by atoms with E-state index in [0.29, 0.717) is 0 Å². The fraction of sp³-hybridized carbons (Fsp3) is 0. The lowest BCUT2D eigenvalue weighted by Crippen LogP contribution is -1.64. The Balaban J connectivity index is 0.000000187. The fourth-order valence-corrected chi connectivity index (χ4v) is 0.698. The second-order valence-electron chi connectivity index (χ2n) is 0.959. The Bertz CT molecular complexity index is 176. The van der Waals surface area contributed by atoms with Gasteiger partial charge in [-0.3, -0.25) is 0 Å². The zero-order chi connectivity index (χ0) is 7.11. The van der Waals surface area contributed by atoms with Crippen molar-refractivity contribution >= 4 is 17.2 Å². The summed E-state index contributed by atoms with van der Waals surface area (Å²) in [6.45, 7) is 0. The van der Waals surface area contributed by atoms with Gasteiger partial charge in [-0.15, -0.1) is 5.53 Å². The van der Waals surface area contributed by atoms with Crippen molar-refractivity contribution in [1.29, 1.82) is 5.53 Å². The van der Waals surface area contributed by atoms with Crippen LogP contribution in [0.3, 0.4) is 0 Å². The Labute approximate surface area is 54.1 Å². The van der Waals surface area contributed by atoms with Crippen molar-refractivity contribution in [1.82, 2.24) is 0 Å². The summed E-state index contributed by atoms with van der Waals surface area (Å²) in [4.78, 5) is 1.75. The minimum atomic E-state index is -1.03. The van der Waals surface area contributed by atoms with Gasteiger partial charge < -0.3 is 0 Å². The van der Waals surface area contributed by atoms with Crippen molar-refractivity contribution in [2.45, 2.75) is 0 Å². The van der Waals surface area contributed by atoms with E-state index in [1.54, 1.807) is 11.0 Å². The molecule has 1 rings (SSSR count). The lowest BCUT2D eigenvalue weighted by Gasteiger charge is -1.65. The Morgan fingerprint density at radius 1 is 1.78 bits per heavy atom. The molecule has 0 spiro atoms. The minimum absolute atomic E-state index is 1.03. The molecule has 0 aromatic heterocycles. The molecule has 1 N–H and O–H groups in total. The normalized spacial score (nSPS) is 20.2. The molecule has 5 nitrogen and oxygen atoms in total. The molecular weight excluding hydrogens is 140 g/mol. The first kappa shape index (κ1) is 7.87. The van der Waals surface area contributed by atoms with E-state index in [1.807, 2.05) is 0 Å². The average molecular weight is 144 g/mol. The van der Waals surface area contributed by atoms with Gasteiger partial charge in [-0.2, -0.15) is 4.40 Å². The van der Waals surface area contributed by atoms with E-state index >= 15 is 0 Å². The van der Waals surface area contributed by atoms with Crippen molar-refractivity contribution in [3.63, 3.8) is 0 Å². The molecule has 9 heavy (non-hydrogen) atoms. The van der Waals surface area contributed by atoms with Gasteiger partial charge in [0.25, 0.3) is 0 Å². The second kappa shape index (κ2) is 5.02. The van der Waals surface area contributed by atoms with Crippen LogP contribution in [0.2, 0.25) is 0 Å². The molecule has 1 heterocycles. The topological polar surface area (TPSA) is 89.7 Å². The Kier molecular flexibility index (Phi) is 4.39. The summed E-state index contributed by atoms with van der Waals surface area (Å²) in [6, 6.07) is 0. The maximum Gasteiger partial charge on any atom is 0.165 e. The molecule has 48 valence electrons. The summed E-state index contributed by atoms with van der Waals surface area (Å²) in [5, 5.41) is 1.53. The summed E-state index contributed by atoms with van der Waals surface area (Å²) >= 11 is 0. The van der Waals surface area contributed by atoms with Crippen LogP contribution in [0.4, 0.5) is 0 Å². The van der Waals surface area contributed by atoms with Gasteiger partial charge in [0.2, 0.25) is 0 Å². The summed E-state index contributed by atoms with van der Waals surface area (Å²) in [5.74, 6) is 0. The summed E-state index contributed by atoms with van der Waals surface area (Å²) in [5.41, 5.74) is 12.2. The minimum Gasteiger partial charge on any atom is -0.230 e.